The van der Waals surface area contributed by atoms with Gasteiger partial charge in [-0.15, -0.1) is 0 Å². The van der Waals surface area contributed by atoms with E-state index in [4.69, 9.17) is 4.84 Å². The molecule has 1 saturated heterocycles. The van der Waals surface area contributed by atoms with Crippen LogP contribution in [0.3, 0.4) is 0 Å². The van der Waals surface area contributed by atoms with Gasteiger partial charge in [0.05, 0.1) is 27.9 Å². The van der Waals surface area contributed by atoms with Gasteiger partial charge in [-0.3, -0.25) is 9.59 Å². The highest BCUT2D eigenvalue weighted by molar-refractivity contribution is 7.89. The summed E-state index contributed by atoms with van der Waals surface area (Å²) >= 11 is 0. The van der Waals surface area contributed by atoms with E-state index in [0.717, 1.165) is 53.1 Å². The van der Waals surface area contributed by atoms with E-state index in [1.807, 2.05) is 36.4 Å². The fourth-order valence-corrected chi connectivity index (χ4v) is 6.67. The number of H-pyrrole nitrogens is 1. The Bertz CT molecular complexity index is 1660. The van der Waals surface area contributed by atoms with E-state index in [-0.39, 0.29) is 23.8 Å². The van der Waals surface area contributed by atoms with Crippen molar-refractivity contribution in [3.8, 4) is 0 Å². The molecule has 1 aliphatic rings. The Morgan fingerprint density at radius 3 is 2.30 bits per heavy atom. The number of piperidine rings is 1. The zero-order valence-electron chi connectivity index (χ0n) is 25.1. The number of nitrogens with one attached hydrogen (secondary N) is 3. The molecular weight excluding hydrogens is 580 g/mol. The second kappa shape index (κ2) is 13.1. The number of carbonyl (C=O) groups is 2. The maximum absolute atomic E-state index is 13.1. The molecule has 0 spiro atoms. The van der Waals surface area contributed by atoms with Gasteiger partial charge in [0.2, 0.25) is 5.95 Å². The number of aromatic nitrogens is 2. The molecule has 1 aromatic heterocycles. The average Bonchev–Trinajstić information content (AvgIpc) is 3.42. The molecular formula is C32H38N6O5S. The SMILES string of the molecule is CC(C)(C)N(OC(=O)CCNC(=O)c1ccc(N2CCC(Nc3nc4ccccc4[nH]3)CC2)cc1)S(=O)(=O)c1ccccc1. The maximum atomic E-state index is 13.1. The van der Waals surface area contributed by atoms with Crippen LogP contribution in [-0.4, -0.2) is 65.9 Å². The summed E-state index contributed by atoms with van der Waals surface area (Å²) in [4.78, 5) is 40.9. The molecule has 1 amide bonds. The van der Waals surface area contributed by atoms with Gasteiger partial charge in [-0.1, -0.05) is 30.3 Å². The van der Waals surface area contributed by atoms with Gasteiger partial charge < -0.3 is 25.4 Å². The molecule has 11 nitrogen and oxygen atoms in total. The van der Waals surface area contributed by atoms with E-state index in [1.165, 1.54) is 12.1 Å². The molecule has 3 N–H and O–H groups in total. The van der Waals surface area contributed by atoms with Crippen LogP contribution in [0.25, 0.3) is 11.0 Å². The van der Waals surface area contributed by atoms with Gasteiger partial charge in [0.25, 0.3) is 15.9 Å². The predicted octanol–water partition coefficient (Wildman–Crippen LogP) is 4.71. The lowest BCUT2D eigenvalue weighted by Gasteiger charge is -2.34. The van der Waals surface area contributed by atoms with Crippen molar-refractivity contribution in [2.24, 2.45) is 0 Å². The van der Waals surface area contributed by atoms with Gasteiger partial charge in [-0.05, 0) is 86.6 Å². The Labute approximate surface area is 257 Å². The second-order valence-corrected chi connectivity index (χ2v) is 13.5. The fraction of sp³-hybridized carbons (Fsp3) is 0.344. The zero-order valence-corrected chi connectivity index (χ0v) is 25.9. The van der Waals surface area contributed by atoms with Gasteiger partial charge in [-0.25, -0.2) is 13.4 Å². The van der Waals surface area contributed by atoms with Crippen LogP contribution < -0.4 is 15.5 Å². The molecule has 232 valence electrons. The number of aromatic amines is 1. The summed E-state index contributed by atoms with van der Waals surface area (Å²) in [5.74, 6) is -0.312. The first-order chi connectivity index (χ1) is 21.0. The van der Waals surface area contributed by atoms with E-state index in [1.54, 1.807) is 51.1 Å². The van der Waals surface area contributed by atoms with Crippen molar-refractivity contribution in [2.75, 3.05) is 29.9 Å². The molecule has 44 heavy (non-hydrogen) atoms. The van der Waals surface area contributed by atoms with Crippen LogP contribution >= 0.6 is 0 Å². The number of para-hydroxylation sites is 2. The molecule has 2 heterocycles. The van der Waals surface area contributed by atoms with E-state index >= 15 is 0 Å². The number of rotatable bonds is 10. The predicted molar refractivity (Wildman–Crippen MR) is 170 cm³/mol. The molecule has 0 atom stereocenters. The molecule has 1 fully saturated rings. The van der Waals surface area contributed by atoms with Gasteiger partial charge in [-0.2, -0.15) is 0 Å². The third-order valence-corrected chi connectivity index (χ3v) is 9.25. The summed E-state index contributed by atoms with van der Waals surface area (Å²) in [6.45, 7) is 6.64. The minimum atomic E-state index is -4.08. The third-order valence-electron chi connectivity index (χ3n) is 7.33. The summed E-state index contributed by atoms with van der Waals surface area (Å²) in [6.07, 6.45) is 1.71. The minimum Gasteiger partial charge on any atom is -0.371 e. The smallest absolute Gasteiger partial charge is 0.328 e. The number of amides is 1. The van der Waals surface area contributed by atoms with Crippen molar-refractivity contribution in [3.63, 3.8) is 0 Å². The standard InChI is InChI=1S/C32H38N6O5S/c1-32(2,3)38(44(41,42)26-9-5-4-6-10-26)43-29(39)17-20-33-30(40)23-13-15-25(16-14-23)37-21-18-24(19-22-37)34-31-35-27-11-7-8-12-28(27)36-31/h4-16,24H,17-22H2,1-3H3,(H,33,40)(H2,34,35,36). The third kappa shape index (κ3) is 7.37. The highest BCUT2D eigenvalue weighted by Crippen LogP contribution is 2.26. The monoisotopic (exact) mass is 618 g/mol. The fourth-order valence-electron chi connectivity index (χ4n) is 5.07. The Balaban J connectivity index is 1.08. The van der Waals surface area contributed by atoms with Crippen LogP contribution in [0.4, 0.5) is 11.6 Å². The number of hydroxylamine groups is 1. The van der Waals surface area contributed by atoms with Crippen LogP contribution in [-0.2, 0) is 19.7 Å². The summed E-state index contributed by atoms with van der Waals surface area (Å²) in [6, 6.07) is 23.4. The van der Waals surface area contributed by atoms with Crippen molar-refractivity contribution >= 4 is 44.6 Å². The molecule has 4 aromatic rings. The first-order valence-corrected chi connectivity index (χ1v) is 16.1. The lowest BCUT2D eigenvalue weighted by molar-refractivity contribution is -0.182. The molecule has 3 aromatic carbocycles. The topological polar surface area (TPSA) is 137 Å². The van der Waals surface area contributed by atoms with Crippen LogP contribution in [0.15, 0.2) is 83.8 Å². The number of anilines is 2. The molecule has 1 aliphatic heterocycles. The zero-order chi connectivity index (χ0) is 31.3. The molecule has 0 saturated carbocycles. The highest BCUT2D eigenvalue weighted by Gasteiger charge is 2.38. The molecule has 0 aliphatic carbocycles. The number of benzene rings is 3. The molecule has 0 unspecified atom stereocenters. The number of carbonyl (C=O) groups excluding carboxylic acids is 2. The Morgan fingerprint density at radius 2 is 1.64 bits per heavy atom. The molecule has 0 radical (unpaired) electrons. The van der Waals surface area contributed by atoms with Gasteiger partial charge in [0.15, 0.2) is 0 Å². The lowest BCUT2D eigenvalue weighted by Crippen LogP contribution is -2.46. The van der Waals surface area contributed by atoms with Crippen LogP contribution in [0.2, 0.25) is 0 Å². The van der Waals surface area contributed by atoms with Crippen molar-refractivity contribution in [1.82, 2.24) is 19.8 Å². The summed E-state index contributed by atoms with van der Waals surface area (Å²) in [5.41, 5.74) is 2.44. The van der Waals surface area contributed by atoms with Crippen molar-refractivity contribution in [3.05, 3.63) is 84.4 Å². The summed E-state index contributed by atoms with van der Waals surface area (Å²) < 4.78 is 26.9. The number of nitrogens with zero attached hydrogens (tertiary/aromatic N) is 3. The van der Waals surface area contributed by atoms with E-state index in [9.17, 15) is 18.0 Å². The van der Waals surface area contributed by atoms with Crippen molar-refractivity contribution in [2.45, 2.75) is 56.5 Å². The number of sulfonamides is 1. The van der Waals surface area contributed by atoms with Crippen molar-refractivity contribution < 1.29 is 22.8 Å². The van der Waals surface area contributed by atoms with Gasteiger partial charge >= 0.3 is 5.97 Å². The summed E-state index contributed by atoms with van der Waals surface area (Å²) in [5, 5.41) is 6.23. The highest BCUT2D eigenvalue weighted by atomic mass is 32.2. The first-order valence-electron chi connectivity index (χ1n) is 14.7. The largest absolute Gasteiger partial charge is 0.371 e. The number of imidazole rings is 1. The van der Waals surface area contributed by atoms with E-state index in [2.05, 4.69) is 25.5 Å². The minimum absolute atomic E-state index is 0.00543. The number of hydrogen-bond donors (Lipinski definition) is 3. The second-order valence-electron chi connectivity index (χ2n) is 11.7. The van der Waals surface area contributed by atoms with Crippen LogP contribution in [0, 0.1) is 0 Å². The molecule has 5 rings (SSSR count). The molecule has 0 bridgehead atoms. The van der Waals surface area contributed by atoms with Crippen LogP contribution in [0.1, 0.15) is 50.4 Å². The van der Waals surface area contributed by atoms with Gasteiger partial charge in [0, 0.05) is 36.9 Å². The molecule has 12 heteroatoms. The Kier molecular flexibility index (Phi) is 9.21. The summed E-state index contributed by atoms with van der Waals surface area (Å²) in [7, 11) is -4.08. The first kappa shape index (κ1) is 31.0. The number of hydrogen-bond acceptors (Lipinski definition) is 8. The van der Waals surface area contributed by atoms with E-state index in [0.29, 0.717) is 11.6 Å². The average molecular weight is 619 g/mol. The quantitative estimate of drug-likeness (QED) is 0.218. The maximum Gasteiger partial charge on any atom is 0.328 e. The van der Waals surface area contributed by atoms with Crippen LogP contribution in [0.5, 0.6) is 0 Å². The normalized spacial score (nSPS) is 14.5. The van der Waals surface area contributed by atoms with Crippen molar-refractivity contribution in [1.29, 1.82) is 0 Å². The lowest BCUT2D eigenvalue weighted by atomic mass is 10.0. The van der Waals surface area contributed by atoms with E-state index < -0.39 is 21.5 Å². The van der Waals surface area contributed by atoms with Gasteiger partial charge in [0.1, 0.15) is 0 Å². The number of fused-ring (bicyclic) bond motifs is 1. The Hall–Kier alpha value is -4.42. The Morgan fingerprint density at radius 1 is 0.977 bits per heavy atom.